The third kappa shape index (κ3) is 4.38. The summed E-state index contributed by atoms with van der Waals surface area (Å²) < 4.78 is 0. The number of benzene rings is 5. The maximum Gasteiger partial charge on any atom is 0.224 e. The first-order chi connectivity index (χ1) is 20.2. The third-order valence-electron chi connectivity index (χ3n) is 9.28. The molecular weight excluding hydrogens is 510 g/mol. The summed E-state index contributed by atoms with van der Waals surface area (Å²) >= 11 is 0. The normalized spacial score (nSPS) is 17.9. The van der Waals surface area contributed by atoms with Crippen molar-refractivity contribution in [1.82, 2.24) is 0 Å². The second kappa shape index (κ2) is 10.4. The van der Waals surface area contributed by atoms with E-state index in [0.717, 1.165) is 17.7 Å². The Balaban J connectivity index is 1.71. The zero-order valence-corrected chi connectivity index (χ0v) is 25.3. The second-order valence-corrected chi connectivity index (χ2v) is 12.6. The number of anilines is 1. The quantitative estimate of drug-likeness (QED) is 0.200. The van der Waals surface area contributed by atoms with Crippen LogP contribution in [-0.2, 0) is 15.6 Å². The van der Waals surface area contributed by atoms with E-state index in [0.29, 0.717) is 0 Å². The zero-order valence-electron chi connectivity index (χ0n) is 25.3. The minimum absolute atomic E-state index is 0.0640. The van der Waals surface area contributed by atoms with Crippen LogP contribution in [0, 0.1) is 6.92 Å². The Morgan fingerprint density at radius 2 is 1.12 bits per heavy atom. The van der Waals surface area contributed by atoms with Gasteiger partial charge in [0, 0.05) is 23.6 Å². The molecule has 0 bridgehead atoms. The lowest BCUT2D eigenvalue weighted by Gasteiger charge is -2.51. The number of fused-ring (bicyclic) bond motifs is 1. The van der Waals surface area contributed by atoms with Gasteiger partial charge in [0.05, 0.1) is 5.41 Å². The average molecular weight is 550 g/mol. The molecule has 0 spiro atoms. The summed E-state index contributed by atoms with van der Waals surface area (Å²) in [6.07, 6.45) is 0.830. The van der Waals surface area contributed by atoms with Gasteiger partial charge in [-0.3, -0.25) is 4.79 Å². The van der Waals surface area contributed by atoms with Gasteiger partial charge >= 0.3 is 0 Å². The van der Waals surface area contributed by atoms with E-state index in [9.17, 15) is 4.79 Å². The van der Waals surface area contributed by atoms with Crippen LogP contribution in [0.15, 0.2) is 133 Å². The van der Waals surface area contributed by atoms with E-state index >= 15 is 0 Å². The molecule has 0 fully saturated rings. The van der Waals surface area contributed by atoms with Crippen LogP contribution in [0.3, 0.4) is 0 Å². The highest BCUT2D eigenvalue weighted by atomic mass is 16.2. The smallest absolute Gasteiger partial charge is 0.224 e. The molecule has 0 saturated heterocycles. The Morgan fingerprint density at radius 3 is 1.57 bits per heavy atom. The molecule has 2 heteroatoms. The molecule has 5 aromatic rings. The SMILES string of the molecule is CC(=O)N1c2cc(C(c3ccccc3)(c3ccccc3)c3ccccc3)ccc2[C@@](C)(c2ccc(C)cc2)CC1(C)C. The van der Waals surface area contributed by atoms with Gasteiger partial charge in [0.15, 0.2) is 0 Å². The molecule has 0 aliphatic carbocycles. The molecule has 0 N–H and O–H groups in total. The fourth-order valence-corrected chi connectivity index (χ4v) is 7.62. The molecule has 1 aliphatic rings. The molecule has 0 unspecified atom stereocenters. The first kappa shape index (κ1) is 27.7. The first-order valence-corrected chi connectivity index (χ1v) is 14.9. The molecule has 0 radical (unpaired) electrons. The summed E-state index contributed by atoms with van der Waals surface area (Å²) in [5.74, 6) is 0.0640. The first-order valence-electron chi connectivity index (χ1n) is 14.9. The summed E-state index contributed by atoms with van der Waals surface area (Å²) in [5.41, 5.74) is 8.19. The van der Waals surface area contributed by atoms with Crippen LogP contribution in [0.25, 0.3) is 0 Å². The summed E-state index contributed by atoms with van der Waals surface area (Å²) in [4.78, 5) is 15.5. The summed E-state index contributed by atoms with van der Waals surface area (Å²) in [5, 5.41) is 0. The van der Waals surface area contributed by atoms with Gasteiger partial charge < -0.3 is 4.90 Å². The van der Waals surface area contributed by atoms with Gasteiger partial charge in [-0.1, -0.05) is 140 Å². The highest BCUT2D eigenvalue weighted by molar-refractivity contribution is 5.95. The Morgan fingerprint density at radius 1 is 0.643 bits per heavy atom. The van der Waals surface area contributed by atoms with E-state index < -0.39 is 5.41 Å². The molecule has 6 rings (SSSR count). The summed E-state index contributed by atoms with van der Waals surface area (Å²) in [7, 11) is 0. The molecule has 0 aromatic heterocycles. The standard InChI is InChI=1S/C40H39NO/c1-29-21-23-31(24-22-29)39(5)28-38(3,4)41(30(2)42)37-27-35(25-26-36(37)39)40(32-15-9-6-10-16-32,33-17-11-7-12-18-33)34-19-13-8-14-20-34/h6-27H,28H2,1-5H3/t39-/m1/s1. The van der Waals surface area contributed by atoms with E-state index in [1.807, 2.05) is 4.90 Å². The van der Waals surface area contributed by atoms with Crippen LogP contribution in [0.1, 0.15) is 73.1 Å². The predicted octanol–water partition coefficient (Wildman–Crippen LogP) is 9.22. The van der Waals surface area contributed by atoms with Crippen LogP contribution in [0.4, 0.5) is 5.69 Å². The minimum atomic E-state index is -0.580. The monoisotopic (exact) mass is 549 g/mol. The van der Waals surface area contributed by atoms with Crippen LogP contribution >= 0.6 is 0 Å². The Bertz CT molecular complexity index is 1610. The van der Waals surface area contributed by atoms with E-state index in [1.54, 1.807) is 6.92 Å². The van der Waals surface area contributed by atoms with Gasteiger partial charge in [0.2, 0.25) is 5.91 Å². The topological polar surface area (TPSA) is 20.3 Å². The summed E-state index contributed by atoms with van der Waals surface area (Å²) in [6, 6.07) is 48.1. The van der Waals surface area contributed by atoms with Crippen molar-refractivity contribution >= 4 is 11.6 Å². The maximum atomic E-state index is 13.5. The molecule has 1 aliphatic heterocycles. The molecule has 42 heavy (non-hydrogen) atoms. The number of aryl methyl sites for hydroxylation is 1. The largest absolute Gasteiger partial charge is 0.307 e. The molecular formula is C40H39NO. The Labute approximate surface area is 250 Å². The molecule has 210 valence electrons. The van der Waals surface area contributed by atoms with Crippen molar-refractivity contribution in [1.29, 1.82) is 0 Å². The molecule has 1 heterocycles. The molecule has 2 nitrogen and oxygen atoms in total. The maximum absolute atomic E-state index is 13.5. The molecule has 1 atom stereocenters. The highest BCUT2D eigenvalue weighted by Crippen LogP contribution is 2.53. The average Bonchev–Trinajstić information content (AvgIpc) is 2.99. The second-order valence-electron chi connectivity index (χ2n) is 12.6. The molecule has 0 saturated carbocycles. The fraction of sp³-hybridized carbons (Fsp3) is 0.225. The number of carbonyl (C=O) groups is 1. The van der Waals surface area contributed by atoms with Gasteiger partial charge in [-0.2, -0.15) is 0 Å². The van der Waals surface area contributed by atoms with Gasteiger partial charge in [0.25, 0.3) is 0 Å². The van der Waals surface area contributed by atoms with Crippen LogP contribution in [0.5, 0.6) is 0 Å². The van der Waals surface area contributed by atoms with Crippen molar-refractivity contribution in [3.8, 4) is 0 Å². The van der Waals surface area contributed by atoms with E-state index in [4.69, 9.17) is 0 Å². The fourth-order valence-electron chi connectivity index (χ4n) is 7.62. The van der Waals surface area contributed by atoms with Crippen LogP contribution in [-0.4, -0.2) is 11.4 Å². The number of hydrogen-bond donors (Lipinski definition) is 0. The Hall–Kier alpha value is -4.43. The van der Waals surface area contributed by atoms with Gasteiger partial charge in [-0.15, -0.1) is 0 Å². The molecule has 5 aromatic carbocycles. The number of nitrogens with zero attached hydrogens (tertiary/aromatic N) is 1. The molecule has 1 amide bonds. The third-order valence-corrected chi connectivity index (χ3v) is 9.28. The van der Waals surface area contributed by atoms with Crippen LogP contribution in [0.2, 0.25) is 0 Å². The van der Waals surface area contributed by atoms with Crippen molar-refractivity contribution in [2.75, 3.05) is 4.90 Å². The predicted molar refractivity (Wildman–Crippen MR) is 174 cm³/mol. The zero-order chi connectivity index (χ0) is 29.5. The van der Waals surface area contributed by atoms with Crippen LogP contribution < -0.4 is 4.90 Å². The Kier molecular flexibility index (Phi) is 6.89. The van der Waals surface area contributed by atoms with Crippen molar-refractivity contribution < 1.29 is 4.79 Å². The van der Waals surface area contributed by atoms with Crippen molar-refractivity contribution in [3.63, 3.8) is 0 Å². The van der Waals surface area contributed by atoms with Crippen molar-refractivity contribution in [2.24, 2.45) is 0 Å². The van der Waals surface area contributed by atoms with E-state index in [-0.39, 0.29) is 16.9 Å². The van der Waals surface area contributed by atoms with Crippen molar-refractivity contribution in [2.45, 2.75) is 57.4 Å². The number of rotatable bonds is 5. The van der Waals surface area contributed by atoms with E-state index in [2.05, 4.69) is 161 Å². The lowest BCUT2D eigenvalue weighted by atomic mass is 9.62. The summed E-state index contributed by atoms with van der Waals surface area (Å²) in [6.45, 7) is 10.6. The van der Waals surface area contributed by atoms with Gasteiger partial charge in [-0.25, -0.2) is 0 Å². The lowest BCUT2D eigenvalue weighted by Crippen LogP contribution is -2.55. The lowest BCUT2D eigenvalue weighted by molar-refractivity contribution is -0.117. The van der Waals surface area contributed by atoms with Gasteiger partial charge in [0.1, 0.15) is 0 Å². The van der Waals surface area contributed by atoms with Crippen molar-refractivity contribution in [3.05, 3.63) is 172 Å². The number of amides is 1. The minimum Gasteiger partial charge on any atom is -0.307 e. The van der Waals surface area contributed by atoms with E-state index in [1.165, 1.54) is 33.4 Å². The van der Waals surface area contributed by atoms with Gasteiger partial charge in [-0.05, 0) is 66.6 Å². The number of hydrogen-bond acceptors (Lipinski definition) is 1. The highest BCUT2D eigenvalue weighted by Gasteiger charge is 2.48. The number of carbonyl (C=O) groups excluding carboxylic acids is 1.